The van der Waals surface area contributed by atoms with Crippen molar-refractivity contribution in [2.24, 2.45) is 0 Å². The monoisotopic (exact) mass is 216 g/mol. The van der Waals surface area contributed by atoms with Crippen LogP contribution in [0.3, 0.4) is 0 Å². The first-order chi connectivity index (χ1) is 7.56. The Balaban J connectivity index is 2.05. The maximum absolute atomic E-state index is 3.51. The fraction of sp³-hybridized carbons (Fsp3) is 0.429. The van der Waals surface area contributed by atoms with Gasteiger partial charge >= 0.3 is 0 Å². The lowest BCUT2D eigenvalue weighted by molar-refractivity contribution is 0.430. The molecule has 0 atom stereocenters. The van der Waals surface area contributed by atoms with Gasteiger partial charge in [0.1, 0.15) is 0 Å². The molecule has 2 nitrogen and oxygen atoms in total. The van der Waals surface area contributed by atoms with E-state index in [1.54, 1.807) is 0 Å². The molecule has 0 radical (unpaired) electrons. The molecule has 2 aromatic rings. The highest BCUT2D eigenvalue weighted by Crippen LogP contribution is 2.17. The average molecular weight is 216 g/mol. The lowest BCUT2D eigenvalue weighted by Gasteiger charge is -2.20. The van der Waals surface area contributed by atoms with Crippen molar-refractivity contribution < 1.29 is 0 Å². The molecule has 0 aliphatic rings. The standard InChI is InChI=1S/C14H20N2/c1-14(2,3)16-9-8-11-10-15-13-7-5-4-6-12(11)13/h4-7,10,15-16H,8-9H2,1-3H3. The highest BCUT2D eigenvalue weighted by Gasteiger charge is 2.08. The summed E-state index contributed by atoms with van der Waals surface area (Å²) in [6.07, 6.45) is 3.19. The van der Waals surface area contributed by atoms with Gasteiger partial charge in [-0.2, -0.15) is 0 Å². The SMILES string of the molecule is CC(C)(C)NCCc1c[nH]c2ccccc12. The van der Waals surface area contributed by atoms with Gasteiger partial charge in [0.25, 0.3) is 0 Å². The van der Waals surface area contributed by atoms with Crippen molar-refractivity contribution in [3.63, 3.8) is 0 Å². The number of aromatic nitrogens is 1. The zero-order valence-corrected chi connectivity index (χ0v) is 10.3. The van der Waals surface area contributed by atoms with Crippen molar-refractivity contribution in [3.05, 3.63) is 36.0 Å². The number of H-pyrrole nitrogens is 1. The van der Waals surface area contributed by atoms with E-state index in [0.29, 0.717) is 0 Å². The van der Waals surface area contributed by atoms with Gasteiger partial charge in [0.15, 0.2) is 0 Å². The number of hydrogen-bond acceptors (Lipinski definition) is 1. The van der Waals surface area contributed by atoms with E-state index in [2.05, 4.69) is 61.5 Å². The zero-order valence-electron chi connectivity index (χ0n) is 10.3. The summed E-state index contributed by atoms with van der Waals surface area (Å²) >= 11 is 0. The molecule has 16 heavy (non-hydrogen) atoms. The molecule has 1 aromatic heterocycles. The van der Waals surface area contributed by atoms with Crippen molar-refractivity contribution in [2.75, 3.05) is 6.54 Å². The van der Waals surface area contributed by atoms with Crippen molar-refractivity contribution in [1.82, 2.24) is 10.3 Å². The molecular weight excluding hydrogens is 196 g/mol. The molecule has 0 amide bonds. The number of benzene rings is 1. The number of rotatable bonds is 3. The summed E-state index contributed by atoms with van der Waals surface area (Å²) in [6, 6.07) is 8.46. The Hall–Kier alpha value is -1.28. The van der Waals surface area contributed by atoms with E-state index >= 15 is 0 Å². The van der Waals surface area contributed by atoms with Crippen molar-refractivity contribution >= 4 is 10.9 Å². The van der Waals surface area contributed by atoms with Gasteiger partial charge in [-0.1, -0.05) is 18.2 Å². The maximum atomic E-state index is 3.51. The topological polar surface area (TPSA) is 27.8 Å². The third kappa shape index (κ3) is 2.64. The molecule has 0 saturated heterocycles. The molecule has 0 saturated carbocycles. The maximum Gasteiger partial charge on any atom is 0.0456 e. The van der Waals surface area contributed by atoms with Crippen LogP contribution in [0.25, 0.3) is 10.9 Å². The van der Waals surface area contributed by atoms with Gasteiger partial charge in [0.05, 0.1) is 0 Å². The van der Waals surface area contributed by atoms with Gasteiger partial charge in [-0.25, -0.2) is 0 Å². The third-order valence-electron chi connectivity index (χ3n) is 2.72. The van der Waals surface area contributed by atoms with Crippen LogP contribution in [0, 0.1) is 0 Å². The van der Waals surface area contributed by atoms with Crippen molar-refractivity contribution in [2.45, 2.75) is 32.7 Å². The van der Waals surface area contributed by atoms with Gasteiger partial charge in [0, 0.05) is 22.6 Å². The van der Waals surface area contributed by atoms with Gasteiger partial charge < -0.3 is 10.3 Å². The van der Waals surface area contributed by atoms with E-state index in [1.165, 1.54) is 16.5 Å². The Bertz CT molecular complexity index is 463. The van der Waals surface area contributed by atoms with Crippen LogP contribution in [0.5, 0.6) is 0 Å². The summed E-state index contributed by atoms with van der Waals surface area (Å²) < 4.78 is 0. The van der Waals surface area contributed by atoms with Gasteiger partial charge in [-0.15, -0.1) is 0 Å². The molecule has 0 aliphatic heterocycles. The number of fused-ring (bicyclic) bond motifs is 1. The van der Waals surface area contributed by atoms with Crippen LogP contribution in [0.1, 0.15) is 26.3 Å². The number of para-hydroxylation sites is 1. The summed E-state index contributed by atoms with van der Waals surface area (Å²) in [5.74, 6) is 0. The quantitative estimate of drug-likeness (QED) is 0.810. The molecule has 0 bridgehead atoms. The molecule has 0 unspecified atom stereocenters. The molecule has 2 heteroatoms. The Kier molecular flexibility index (Phi) is 3.01. The Morgan fingerprint density at radius 3 is 2.69 bits per heavy atom. The molecule has 0 spiro atoms. The van der Waals surface area contributed by atoms with Crippen molar-refractivity contribution in [1.29, 1.82) is 0 Å². The van der Waals surface area contributed by atoms with Gasteiger partial charge in [-0.05, 0) is 45.4 Å². The molecule has 2 N–H and O–H groups in total. The van der Waals surface area contributed by atoms with Crippen LogP contribution < -0.4 is 5.32 Å². The number of nitrogens with one attached hydrogen (secondary N) is 2. The van der Waals surface area contributed by atoms with Crippen LogP contribution in [-0.4, -0.2) is 17.1 Å². The predicted octanol–water partition coefficient (Wildman–Crippen LogP) is 3.10. The molecule has 2 rings (SSSR count). The fourth-order valence-electron chi connectivity index (χ4n) is 1.91. The number of hydrogen-bond donors (Lipinski definition) is 2. The van der Waals surface area contributed by atoms with E-state index in [-0.39, 0.29) is 5.54 Å². The first kappa shape index (κ1) is 11.2. The van der Waals surface area contributed by atoms with Crippen molar-refractivity contribution in [3.8, 4) is 0 Å². The Labute approximate surface area is 97.1 Å². The summed E-state index contributed by atoms with van der Waals surface area (Å²) in [4.78, 5) is 3.31. The normalized spacial score (nSPS) is 12.2. The molecule has 1 heterocycles. The molecule has 86 valence electrons. The lowest BCUT2D eigenvalue weighted by Crippen LogP contribution is -2.37. The molecule has 0 aliphatic carbocycles. The first-order valence-corrected chi connectivity index (χ1v) is 5.86. The van der Waals surface area contributed by atoms with E-state index in [1.807, 2.05) is 0 Å². The Morgan fingerprint density at radius 1 is 1.19 bits per heavy atom. The summed E-state index contributed by atoms with van der Waals surface area (Å²) in [5.41, 5.74) is 2.83. The second-order valence-electron chi connectivity index (χ2n) is 5.29. The minimum atomic E-state index is 0.201. The predicted molar refractivity (Wildman–Crippen MR) is 69.8 cm³/mol. The third-order valence-corrected chi connectivity index (χ3v) is 2.72. The minimum Gasteiger partial charge on any atom is -0.361 e. The van der Waals surface area contributed by atoms with E-state index < -0.39 is 0 Å². The summed E-state index contributed by atoms with van der Waals surface area (Å²) in [5, 5.41) is 4.86. The Morgan fingerprint density at radius 2 is 1.94 bits per heavy atom. The summed E-state index contributed by atoms with van der Waals surface area (Å²) in [7, 11) is 0. The van der Waals surface area contributed by atoms with E-state index in [4.69, 9.17) is 0 Å². The minimum absolute atomic E-state index is 0.201. The highest BCUT2D eigenvalue weighted by atomic mass is 14.9. The van der Waals surface area contributed by atoms with Crippen LogP contribution in [0.2, 0.25) is 0 Å². The summed E-state index contributed by atoms with van der Waals surface area (Å²) in [6.45, 7) is 7.61. The van der Waals surface area contributed by atoms with Crippen LogP contribution in [-0.2, 0) is 6.42 Å². The fourth-order valence-corrected chi connectivity index (χ4v) is 1.91. The molecular formula is C14H20N2. The lowest BCUT2D eigenvalue weighted by atomic mass is 10.1. The smallest absolute Gasteiger partial charge is 0.0456 e. The van der Waals surface area contributed by atoms with Crippen LogP contribution in [0.4, 0.5) is 0 Å². The zero-order chi connectivity index (χ0) is 11.6. The molecule has 1 aromatic carbocycles. The van der Waals surface area contributed by atoms with Gasteiger partial charge in [0.2, 0.25) is 0 Å². The first-order valence-electron chi connectivity index (χ1n) is 5.86. The largest absolute Gasteiger partial charge is 0.361 e. The molecule has 0 fully saturated rings. The number of aromatic amines is 1. The van der Waals surface area contributed by atoms with Crippen LogP contribution >= 0.6 is 0 Å². The highest BCUT2D eigenvalue weighted by molar-refractivity contribution is 5.83. The second-order valence-corrected chi connectivity index (χ2v) is 5.29. The van der Waals surface area contributed by atoms with Crippen LogP contribution in [0.15, 0.2) is 30.5 Å². The van der Waals surface area contributed by atoms with Gasteiger partial charge in [-0.3, -0.25) is 0 Å². The second kappa shape index (κ2) is 4.30. The average Bonchev–Trinajstić information content (AvgIpc) is 2.60. The van der Waals surface area contributed by atoms with E-state index in [9.17, 15) is 0 Å². The van der Waals surface area contributed by atoms with E-state index in [0.717, 1.165) is 13.0 Å².